The minimum absolute atomic E-state index is 0.00225. The summed E-state index contributed by atoms with van der Waals surface area (Å²) in [5.74, 6) is -0.696. The highest BCUT2D eigenvalue weighted by Gasteiger charge is 2.55. The van der Waals surface area contributed by atoms with Crippen molar-refractivity contribution in [3.8, 4) is 5.75 Å². The van der Waals surface area contributed by atoms with Gasteiger partial charge in [0.2, 0.25) is 15.9 Å². The average Bonchev–Trinajstić information content (AvgIpc) is 3.35. The number of sulfonamides is 1. The van der Waals surface area contributed by atoms with E-state index in [0.717, 1.165) is 48.9 Å². The van der Waals surface area contributed by atoms with Crippen molar-refractivity contribution in [2.75, 3.05) is 31.6 Å². The van der Waals surface area contributed by atoms with Crippen LogP contribution in [-0.4, -0.2) is 67.8 Å². The molecule has 9 nitrogen and oxygen atoms in total. The van der Waals surface area contributed by atoms with Gasteiger partial charge in [-0.2, -0.15) is 0 Å². The van der Waals surface area contributed by atoms with Crippen LogP contribution in [-0.2, 0) is 27.8 Å². The van der Waals surface area contributed by atoms with Crippen LogP contribution in [0.15, 0.2) is 36.4 Å². The molecule has 2 bridgehead atoms. The highest BCUT2D eigenvalue weighted by atomic mass is 35.5. The molecule has 1 saturated heterocycles. The van der Waals surface area contributed by atoms with Gasteiger partial charge in [0.15, 0.2) is 0 Å². The summed E-state index contributed by atoms with van der Waals surface area (Å²) in [6.07, 6.45) is 6.64. The Bertz CT molecular complexity index is 1620. The molecule has 3 heterocycles. The summed E-state index contributed by atoms with van der Waals surface area (Å²) in [5.41, 5.74) is 2.00. The lowest BCUT2D eigenvalue weighted by Crippen LogP contribution is -2.56. The van der Waals surface area contributed by atoms with E-state index >= 15 is 0 Å². The number of carbonyl (C=O) groups excluding carboxylic acids is 2. The number of aliphatic hydroxyl groups is 1. The lowest BCUT2D eigenvalue weighted by Gasteiger charge is -2.51. The Morgan fingerprint density at radius 2 is 1.79 bits per heavy atom. The molecule has 2 aromatic rings. The zero-order valence-electron chi connectivity index (χ0n) is 27.7. The molecule has 256 valence electrons. The van der Waals surface area contributed by atoms with Crippen LogP contribution >= 0.6 is 11.6 Å². The molecule has 2 N–H and O–H groups in total. The third-order valence-electron chi connectivity index (χ3n) is 11.5. The minimum Gasteiger partial charge on any atom is -0.487 e. The van der Waals surface area contributed by atoms with Crippen molar-refractivity contribution in [3.63, 3.8) is 0 Å². The predicted octanol–water partition coefficient (Wildman–Crippen LogP) is 5.57. The summed E-state index contributed by atoms with van der Waals surface area (Å²) in [7, 11) is -2.18. The van der Waals surface area contributed by atoms with Crippen molar-refractivity contribution >= 4 is 39.1 Å². The molecule has 0 radical (unpaired) electrons. The fraction of sp³-hybridized carbons (Fsp3) is 0.611. The topological polar surface area (TPSA) is 116 Å². The van der Waals surface area contributed by atoms with Gasteiger partial charge < -0.3 is 19.6 Å². The van der Waals surface area contributed by atoms with Gasteiger partial charge in [-0.25, -0.2) is 13.1 Å². The number of halogens is 1. The first-order chi connectivity index (χ1) is 22.4. The van der Waals surface area contributed by atoms with E-state index in [-0.39, 0.29) is 29.2 Å². The Morgan fingerprint density at radius 1 is 0.979 bits per heavy atom. The first-order valence-electron chi connectivity index (χ1n) is 17.2. The molecular weight excluding hydrogens is 638 g/mol. The number of aryl methyl sites for hydroxylation is 1. The van der Waals surface area contributed by atoms with E-state index in [9.17, 15) is 23.1 Å². The number of hydrogen-bond donors (Lipinski definition) is 2. The highest BCUT2D eigenvalue weighted by Crippen LogP contribution is 2.51. The van der Waals surface area contributed by atoms with Crippen molar-refractivity contribution in [1.82, 2.24) is 9.62 Å². The van der Waals surface area contributed by atoms with Crippen LogP contribution in [0.2, 0.25) is 5.02 Å². The van der Waals surface area contributed by atoms with E-state index in [1.54, 1.807) is 37.1 Å². The van der Waals surface area contributed by atoms with Crippen molar-refractivity contribution in [1.29, 1.82) is 0 Å². The fourth-order valence-corrected chi connectivity index (χ4v) is 9.75. The third-order valence-corrected chi connectivity index (χ3v) is 13.7. The summed E-state index contributed by atoms with van der Waals surface area (Å²) >= 11 is 6.35. The van der Waals surface area contributed by atoms with Crippen LogP contribution < -0.4 is 14.4 Å². The van der Waals surface area contributed by atoms with Gasteiger partial charge in [0.05, 0.1) is 22.5 Å². The molecular formula is C36H48ClN3O6S. The standard InChI is InChI=1S/C36H48ClN3O6S/c1-23-7-6-16-36(43,31-15-18-39(3)35(31)42)30-13-10-27(30)21-40-17-5-4-8-25-19-29(37)12-9-28(25)22-46-33-14-11-26(20-32(33)40)34(41)38-47(44,45)24(23)2/h9,11-12,14,19-20,23-24,27,30-31,43H,4-8,10,13,15-18,21-22H2,1-3H3,(H,38,41)/t23-,24+,27-,30+,31-,36-/m0/s1. The molecule has 0 spiro atoms. The van der Waals surface area contributed by atoms with Crippen molar-refractivity contribution < 1.29 is 27.9 Å². The Balaban J connectivity index is 1.41. The molecule has 0 unspecified atom stereocenters. The zero-order valence-corrected chi connectivity index (χ0v) is 29.3. The lowest BCUT2D eigenvalue weighted by molar-refractivity contribution is -0.154. The average molecular weight is 686 g/mol. The second-order valence-electron chi connectivity index (χ2n) is 14.4. The number of anilines is 1. The number of nitrogens with one attached hydrogen (secondary N) is 1. The van der Waals surface area contributed by atoms with Gasteiger partial charge in [-0.1, -0.05) is 31.0 Å². The van der Waals surface area contributed by atoms with Crippen molar-refractivity contribution in [2.45, 2.75) is 89.1 Å². The second kappa shape index (κ2) is 13.6. The number of nitrogens with zero attached hydrogens (tertiary/aromatic N) is 2. The number of ether oxygens (including phenoxy) is 1. The lowest BCUT2D eigenvalue weighted by atomic mass is 9.59. The number of likely N-dealkylation sites (tertiary alicyclic amines) is 1. The van der Waals surface area contributed by atoms with Crippen molar-refractivity contribution in [3.05, 3.63) is 58.1 Å². The maximum Gasteiger partial charge on any atom is 0.264 e. The zero-order chi connectivity index (χ0) is 33.5. The molecule has 0 aromatic heterocycles. The molecule has 2 amide bonds. The van der Waals surface area contributed by atoms with E-state index in [1.807, 2.05) is 25.1 Å². The molecule has 47 heavy (non-hydrogen) atoms. The Labute approximate surface area is 284 Å². The smallest absolute Gasteiger partial charge is 0.264 e. The number of fused-ring (bicyclic) bond motifs is 3. The Kier molecular flexibility index (Phi) is 9.85. The highest BCUT2D eigenvalue weighted by molar-refractivity contribution is 7.90. The van der Waals surface area contributed by atoms with Gasteiger partial charge in [-0.3, -0.25) is 9.59 Å². The number of rotatable bonds is 1. The van der Waals surface area contributed by atoms with E-state index in [1.165, 1.54) is 0 Å². The second-order valence-corrected chi connectivity index (χ2v) is 16.8. The van der Waals surface area contributed by atoms with Gasteiger partial charge in [0, 0.05) is 37.3 Å². The Hall–Kier alpha value is -2.82. The van der Waals surface area contributed by atoms with Gasteiger partial charge in [0.25, 0.3) is 5.91 Å². The number of hydrogen-bond acceptors (Lipinski definition) is 7. The first-order valence-corrected chi connectivity index (χ1v) is 19.1. The van der Waals surface area contributed by atoms with Crippen molar-refractivity contribution in [2.24, 2.45) is 23.7 Å². The SMILES string of the molecule is C[C@@H]1[C@@H](C)CCC[C@@](O)([C@H]2CCN(C)C2=O)[C@@H]2CC[C@H]2CN2CCCCc3cc(Cl)ccc3COc3ccc(cc32)C(=O)NS1(=O)=O. The maximum atomic E-state index is 13.5. The number of carbonyl (C=O) groups is 2. The monoisotopic (exact) mass is 685 g/mol. The van der Waals surface area contributed by atoms with Crippen LogP contribution in [0.3, 0.4) is 0 Å². The van der Waals surface area contributed by atoms with Crippen LogP contribution in [0.1, 0.15) is 86.7 Å². The summed E-state index contributed by atoms with van der Waals surface area (Å²) in [6.45, 7) is 5.78. The Morgan fingerprint density at radius 3 is 2.51 bits per heavy atom. The van der Waals surface area contributed by atoms with Gasteiger partial charge >= 0.3 is 0 Å². The van der Waals surface area contributed by atoms with Crippen LogP contribution in [0, 0.1) is 23.7 Å². The largest absolute Gasteiger partial charge is 0.487 e. The van der Waals surface area contributed by atoms with Gasteiger partial charge in [0.1, 0.15) is 12.4 Å². The molecule has 1 saturated carbocycles. The summed E-state index contributed by atoms with van der Waals surface area (Å²) < 4.78 is 35.6. The molecule has 1 aliphatic carbocycles. The van der Waals surface area contributed by atoms with E-state index in [4.69, 9.17) is 16.3 Å². The maximum absolute atomic E-state index is 13.5. The van der Waals surface area contributed by atoms with E-state index < -0.39 is 32.7 Å². The molecule has 11 heteroatoms. The van der Waals surface area contributed by atoms with E-state index in [2.05, 4.69) is 9.62 Å². The minimum atomic E-state index is -3.98. The van der Waals surface area contributed by atoms with Crippen LogP contribution in [0.4, 0.5) is 5.69 Å². The molecule has 6 rings (SSSR count). The normalized spacial score (nSPS) is 31.8. The quantitative estimate of drug-likeness (QED) is 0.404. The molecule has 3 aliphatic heterocycles. The van der Waals surface area contributed by atoms with Crippen LogP contribution in [0.25, 0.3) is 0 Å². The predicted molar refractivity (Wildman–Crippen MR) is 183 cm³/mol. The van der Waals surface area contributed by atoms with Crippen LogP contribution in [0.5, 0.6) is 5.75 Å². The van der Waals surface area contributed by atoms with Gasteiger partial charge in [-0.15, -0.1) is 0 Å². The molecule has 2 fully saturated rings. The summed E-state index contributed by atoms with van der Waals surface area (Å²) in [5, 5.41) is 12.4. The molecule has 4 aliphatic rings. The fourth-order valence-electron chi connectivity index (χ4n) is 8.24. The number of benzene rings is 2. The first kappa shape index (κ1) is 34.1. The molecule has 2 aromatic carbocycles. The van der Waals surface area contributed by atoms with Gasteiger partial charge in [-0.05, 0) is 118 Å². The number of amides is 2. The van der Waals surface area contributed by atoms with E-state index in [0.29, 0.717) is 62.7 Å². The molecule has 6 atom stereocenters. The summed E-state index contributed by atoms with van der Waals surface area (Å²) in [4.78, 5) is 30.8. The summed E-state index contributed by atoms with van der Waals surface area (Å²) in [6, 6.07) is 11.0. The third kappa shape index (κ3) is 6.88.